The zero-order valence-electron chi connectivity index (χ0n) is 15.0. The highest BCUT2D eigenvalue weighted by molar-refractivity contribution is 6.10. The highest BCUT2D eigenvalue weighted by atomic mass is 16.5. The van der Waals surface area contributed by atoms with Gasteiger partial charge in [0.05, 0.1) is 13.4 Å². The Labute approximate surface area is 161 Å². The van der Waals surface area contributed by atoms with Crippen LogP contribution in [0, 0.1) is 0 Å². The Bertz CT molecular complexity index is 992. The van der Waals surface area contributed by atoms with Crippen molar-refractivity contribution < 1.29 is 23.8 Å². The lowest BCUT2D eigenvalue weighted by Crippen LogP contribution is -2.30. The van der Waals surface area contributed by atoms with Crippen LogP contribution in [0.25, 0.3) is 6.08 Å². The summed E-state index contributed by atoms with van der Waals surface area (Å²) in [5, 5.41) is 14.8. The highest BCUT2D eigenvalue weighted by Crippen LogP contribution is 2.18. The molecule has 0 aliphatic rings. The Morgan fingerprint density at radius 2 is 1.86 bits per heavy atom. The van der Waals surface area contributed by atoms with Gasteiger partial charge in [0, 0.05) is 11.8 Å². The van der Waals surface area contributed by atoms with Crippen molar-refractivity contribution in [1.82, 2.24) is 5.32 Å². The lowest BCUT2D eigenvalue weighted by atomic mass is 10.1. The number of hydrogen-bond acceptors (Lipinski definition) is 5. The van der Waals surface area contributed by atoms with Gasteiger partial charge in [-0.05, 0) is 48.0 Å². The highest BCUT2D eigenvalue weighted by Gasteiger charge is 2.16. The van der Waals surface area contributed by atoms with E-state index in [0.717, 1.165) is 0 Å². The van der Waals surface area contributed by atoms with Gasteiger partial charge in [0.25, 0.3) is 11.8 Å². The molecule has 0 atom stereocenters. The third-order valence-corrected chi connectivity index (χ3v) is 3.77. The standard InChI is InChI=1S/C21H18N2O5/c1-27-17-9-7-14(8-10-17)12-18(23-21(26)19-6-3-11-28-19)20(25)22-15-4-2-5-16(24)13-15/h2-13,24H,1H3,(H,22,25)(H,23,26)/b18-12+. The van der Waals surface area contributed by atoms with Gasteiger partial charge < -0.3 is 24.9 Å². The first kappa shape index (κ1) is 18.8. The molecule has 2 aromatic carbocycles. The summed E-state index contributed by atoms with van der Waals surface area (Å²) in [7, 11) is 1.56. The van der Waals surface area contributed by atoms with Crippen LogP contribution in [-0.2, 0) is 4.79 Å². The average molecular weight is 378 g/mol. The number of carbonyl (C=O) groups excluding carboxylic acids is 2. The summed E-state index contributed by atoms with van der Waals surface area (Å²) >= 11 is 0. The monoisotopic (exact) mass is 378 g/mol. The minimum absolute atomic E-state index is 0.00918. The predicted molar refractivity (Wildman–Crippen MR) is 104 cm³/mol. The molecule has 1 heterocycles. The molecule has 0 aliphatic carbocycles. The molecule has 28 heavy (non-hydrogen) atoms. The molecule has 3 rings (SSSR count). The molecule has 0 saturated heterocycles. The fourth-order valence-electron chi connectivity index (χ4n) is 2.40. The first-order chi connectivity index (χ1) is 13.5. The number of ether oxygens (including phenoxy) is 1. The molecule has 0 spiro atoms. The lowest BCUT2D eigenvalue weighted by Gasteiger charge is -2.11. The number of rotatable bonds is 6. The number of carbonyl (C=O) groups is 2. The summed E-state index contributed by atoms with van der Waals surface area (Å²) in [5.74, 6) is -0.358. The van der Waals surface area contributed by atoms with E-state index in [1.54, 1.807) is 49.6 Å². The van der Waals surface area contributed by atoms with Gasteiger partial charge >= 0.3 is 0 Å². The number of phenolic OH excluding ortho intramolecular Hbond substituents is 1. The van der Waals surface area contributed by atoms with Gasteiger partial charge in [-0.3, -0.25) is 9.59 Å². The maximum atomic E-state index is 12.7. The van der Waals surface area contributed by atoms with E-state index in [1.807, 2.05) is 0 Å². The van der Waals surface area contributed by atoms with Crippen molar-refractivity contribution in [3.05, 3.63) is 83.9 Å². The number of anilines is 1. The van der Waals surface area contributed by atoms with Crippen LogP contribution in [-0.4, -0.2) is 24.0 Å². The van der Waals surface area contributed by atoms with E-state index in [0.29, 0.717) is 17.0 Å². The summed E-state index contributed by atoms with van der Waals surface area (Å²) in [6, 6.07) is 16.2. The normalized spacial score (nSPS) is 11.0. The summed E-state index contributed by atoms with van der Waals surface area (Å²) in [5.41, 5.74) is 1.08. The van der Waals surface area contributed by atoms with E-state index in [1.165, 1.54) is 30.5 Å². The molecule has 2 amide bonds. The Balaban J connectivity index is 1.87. The first-order valence-electron chi connectivity index (χ1n) is 8.36. The molecule has 7 nitrogen and oxygen atoms in total. The van der Waals surface area contributed by atoms with Crippen LogP contribution in [0.2, 0.25) is 0 Å². The van der Waals surface area contributed by atoms with Crippen molar-refractivity contribution in [1.29, 1.82) is 0 Å². The molecule has 0 saturated carbocycles. The number of amides is 2. The molecule has 3 N–H and O–H groups in total. The fourth-order valence-corrected chi connectivity index (χ4v) is 2.40. The number of furan rings is 1. The van der Waals surface area contributed by atoms with Crippen LogP contribution in [0.5, 0.6) is 11.5 Å². The molecular formula is C21H18N2O5. The van der Waals surface area contributed by atoms with Crippen molar-refractivity contribution in [2.75, 3.05) is 12.4 Å². The number of aromatic hydroxyl groups is 1. The van der Waals surface area contributed by atoms with Crippen LogP contribution >= 0.6 is 0 Å². The van der Waals surface area contributed by atoms with Crippen LogP contribution in [0.1, 0.15) is 16.1 Å². The van der Waals surface area contributed by atoms with E-state index < -0.39 is 11.8 Å². The topological polar surface area (TPSA) is 101 Å². The van der Waals surface area contributed by atoms with Crippen molar-refractivity contribution in [2.24, 2.45) is 0 Å². The van der Waals surface area contributed by atoms with Gasteiger partial charge in [0.15, 0.2) is 5.76 Å². The summed E-state index contributed by atoms with van der Waals surface area (Å²) in [6.07, 6.45) is 2.90. The molecule has 0 aliphatic heterocycles. The molecule has 7 heteroatoms. The second-order valence-electron chi connectivity index (χ2n) is 5.77. The SMILES string of the molecule is COc1ccc(/C=C(/NC(=O)c2ccco2)C(=O)Nc2cccc(O)c2)cc1. The van der Waals surface area contributed by atoms with E-state index in [2.05, 4.69) is 10.6 Å². The van der Waals surface area contributed by atoms with Crippen molar-refractivity contribution in [3.63, 3.8) is 0 Å². The largest absolute Gasteiger partial charge is 0.508 e. The molecule has 0 fully saturated rings. The van der Waals surface area contributed by atoms with E-state index >= 15 is 0 Å². The molecule has 0 bridgehead atoms. The Kier molecular flexibility index (Phi) is 5.76. The van der Waals surface area contributed by atoms with Crippen LogP contribution in [0.4, 0.5) is 5.69 Å². The van der Waals surface area contributed by atoms with Gasteiger partial charge in [-0.2, -0.15) is 0 Å². The van der Waals surface area contributed by atoms with Crippen molar-refractivity contribution in [2.45, 2.75) is 0 Å². The Morgan fingerprint density at radius 1 is 1.07 bits per heavy atom. The van der Waals surface area contributed by atoms with E-state index in [9.17, 15) is 14.7 Å². The molecule has 142 valence electrons. The van der Waals surface area contributed by atoms with E-state index in [4.69, 9.17) is 9.15 Å². The van der Waals surface area contributed by atoms with Crippen LogP contribution < -0.4 is 15.4 Å². The Hall–Kier alpha value is -4.00. The summed E-state index contributed by atoms with van der Waals surface area (Å²) in [4.78, 5) is 25.1. The van der Waals surface area contributed by atoms with Gasteiger partial charge in [0.1, 0.15) is 17.2 Å². The zero-order chi connectivity index (χ0) is 19.9. The quantitative estimate of drug-likeness (QED) is 0.571. The average Bonchev–Trinajstić information content (AvgIpc) is 3.23. The minimum atomic E-state index is -0.559. The van der Waals surface area contributed by atoms with Gasteiger partial charge in [-0.1, -0.05) is 18.2 Å². The third kappa shape index (κ3) is 4.79. The van der Waals surface area contributed by atoms with Crippen LogP contribution in [0.3, 0.4) is 0 Å². The summed E-state index contributed by atoms with van der Waals surface area (Å²) < 4.78 is 10.2. The fraction of sp³-hybridized carbons (Fsp3) is 0.0476. The van der Waals surface area contributed by atoms with Gasteiger partial charge in [-0.25, -0.2) is 0 Å². The second-order valence-corrected chi connectivity index (χ2v) is 5.77. The Morgan fingerprint density at radius 3 is 2.50 bits per heavy atom. The molecule has 0 unspecified atom stereocenters. The second kappa shape index (κ2) is 8.59. The molecule has 0 radical (unpaired) electrons. The summed E-state index contributed by atoms with van der Waals surface area (Å²) in [6.45, 7) is 0. The number of phenols is 1. The maximum absolute atomic E-state index is 12.7. The number of hydrogen-bond donors (Lipinski definition) is 3. The smallest absolute Gasteiger partial charge is 0.291 e. The van der Waals surface area contributed by atoms with Crippen molar-refractivity contribution in [3.8, 4) is 11.5 Å². The zero-order valence-corrected chi connectivity index (χ0v) is 15.0. The molecule has 3 aromatic rings. The molecular weight excluding hydrogens is 360 g/mol. The number of nitrogens with one attached hydrogen (secondary N) is 2. The van der Waals surface area contributed by atoms with E-state index in [-0.39, 0.29) is 17.2 Å². The first-order valence-corrected chi connectivity index (χ1v) is 8.36. The van der Waals surface area contributed by atoms with Gasteiger partial charge in [-0.15, -0.1) is 0 Å². The maximum Gasteiger partial charge on any atom is 0.291 e. The molecule has 1 aromatic heterocycles. The lowest BCUT2D eigenvalue weighted by molar-refractivity contribution is -0.113. The number of methoxy groups -OCH3 is 1. The van der Waals surface area contributed by atoms with Crippen LogP contribution in [0.15, 0.2) is 77.0 Å². The van der Waals surface area contributed by atoms with Gasteiger partial charge in [0.2, 0.25) is 0 Å². The minimum Gasteiger partial charge on any atom is -0.508 e. The third-order valence-electron chi connectivity index (χ3n) is 3.77. The predicted octanol–water partition coefficient (Wildman–Crippen LogP) is 3.40. The van der Waals surface area contributed by atoms with Crippen molar-refractivity contribution >= 4 is 23.6 Å². The number of benzene rings is 2.